The topological polar surface area (TPSA) is 80.6 Å². The van der Waals surface area contributed by atoms with Crippen molar-refractivity contribution in [1.29, 1.82) is 5.26 Å². The van der Waals surface area contributed by atoms with Gasteiger partial charge in [-0.3, -0.25) is 4.79 Å². The zero-order valence-corrected chi connectivity index (χ0v) is 24.4. The predicted molar refractivity (Wildman–Crippen MR) is 161 cm³/mol. The summed E-state index contributed by atoms with van der Waals surface area (Å²) in [5, 5.41) is 13.6. The molecule has 0 spiro atoms. The molecule has 202 valence electrons. The van der Waals surface area contributed by atoms with Crippen molar-refractivity contribution in [3.63, 3.8) is 0 Å². The van der Waals surface area contributed by atoms with E-state index in [0.29, 0.717) is 45.2 Å². The number of ether oxygens (including phenoxy) is 3. The number of halogens is 3. The lowest BCUT2D eigenvalue weighted by Crippen LogP contribution is -2.13. The van der Waals surface area contributed by atoms with Crippen molar-refractivity contribution >= 4 is 56.8 Å². The lowest BCUT2D eigenvalue weighted by Gasteiger charge is -2.12. The number of carbonyl (C=O) groups excluding carboxylic acids is 1. The quantitative estimate of drug-likeness (QED) is 0.139. The SMILES string of the molecule is COc1ccc(/C=C(\C#N)C(=O)Nc2ccc(OCc3ccc(Cl)cc3Cl)cc2)c(OCc2ccc(Br)cc2)c1. The molecule has 0 radical (unpaired) electrons. The minimum absolute atomic E-state index is 0.0867. The van der Waals surface area contributed by atoms with Gasteiger partial charge in [-0.05, 0) is 72.3 Å². The van der Waals surface area contributed by atoms with Crippen LogP contribution in [0.5, 0.6) is 17.2 Å². The molecule has 4 rings (SSSR count). The van der Waals surface area contributed by atoms with E-state index < -0.39 is 5.91 Å². The Balaban J connectivity index is 1.43. The fraction of sp³-hybridized carbons (Fsp3) is 0.0968. The number of nitriles is 1. The van der Waals surface area contributed by atoms with Crippen molar-refractivity contribution in [2.24, 2.45) is 0 Å². The average molecular weight is 638 g/mol. The van der Waals surface area contributed by atoms with Gasteiger partial charge in [0.2, 0.25) is 0 Å². The van der Waals surface area contributed by atoms with E-state index in [1.807, 2.05) is 30.3 Å². The van der Waals surface area contributed by atoms with Crippen LogP contribution in [0.2, 0.25) is 10.0 Å². The summed E-state index contributed by atoms with van der Waals surface area (Å²) in [6.07, 6.45) is 1.49. The van der Waals surface area contributed by atoms with Crippen LogP contribution in [0.1, 0.15) is 16.7 Å². The summed E-state index contributed by atoms with van der Waals surface area (Å²) >= 11 is 15.6. The van der Waals surface area contributed by atoms with Gasteiger partial charge in [-0.15, -0.1) is 0 Å². The van der Waals surface area contributed by atoms with Gasteiger partial charge >= 0.3 is 0 Å². The van der Waals surface area contributed by atoms with Gasteiger partial charge in [-0.1, -0.05) is 57.3 Å². The second-order valence-corrected chi connectivity index (χ2v) is 10.3. The molecule has 0 saturated carbocycles. The van der Waals surface area contributed by atoms with Gasteiger partial charge in [0, 0.05) is 37.4 Å². The Labute approximate surface area is 250 Å². The lowest BCUT2D eigenvalue weighted by atomic mass is 10.1. The number of anilines is 1. The van der Waals surface area contributed by atoms with Gasteiger partial charge in [0.05, 0.1) is 7.11 Å². The van der Waals surface area contributed by atoms with Crippen LogP contribution < -0.4 is 19.5 Å². The highest BCUT2D eigenvalue weighted by Gasteiger charge is 2.13. The first kappa shape index (κ1) is 29.0. The standard InChI is InChI=1S/C31H23BrCl2N2O4/c1-38-28-11-5-21(30(16-28)40-18-20-2-6-24(32)7-3-20)14-23(17-35)31(37)36-26-9-12-27(13-10-26)39-19-22-4-8-25(33)15-29(22)34/h2-16H,18-19H2,1H3,(H,36,37)/b23-14+. The molecule has 0 heterocycles. The molecule has 9 heteroatoms. The van der Waals surface area contributed by atoms with Crippen molar-refractivity contribution < 1.29 is 19.0 Å². The Kier molecular flexibility index (Phi) is 10.1. The van der Waals surface area contributed by atoms with E-state index in [4.69, 9.17) is 37.4 Å². The van der Waals surface area contributed by atoms with Gasteiger partial charge in [0.1, 0.15) is 42.1 Å². The van der Waals surface area contributed by atoms with Crippen LogP contribution in [-0.4, -0.2) is 13.0 Å². The summed E-state index contributed by atoms with van der Waals surface area (Å²) in [6, 6.07) is 26.9. The molecule has 1 amide bonds. The number of nitrogens with zero attached hydrogens (tertiary/aromatic N) is 1. The number of amides is 1. The van der Waals surface area contributed by atoms with Gasteiger partial charge in [-0.25, -0.2) is 0 Å². The Bertz CT molecular complexity index is 1570. The van der Waals surface area contributed by atoms with Crippen LogP contribution in [0.15, 0.2) is 95.0 Å². The normalized spacial score (nSPS) is 10.9. The van der Waals surface area contributed by atoms with E-state index in [-0.39, 0.29) is 12.2 Å². The van der Waals surface area contributed by atoms with Crippen LogP contribution in [0.25, 0.3) is 6.08 Å². The summed E-state index contributed by atoms with van der Waals surface area (Å²) in [5.74, 6) is 1.10. The van der Waals surface area contributed by atoms with Crippen molar-refractivity contribution in [3.8, 4) is 23.3 Å². The molecular formula is C31H23BrCl2N2O4. The average Bonchev–Trinajstić information content (AvgIpc) is 2.96. The summed E-state index contributed by atoms with van der Waals surface area (Å²) in [5.41, 5.74) is 2.74. The smallest absolute Gasteiger partial charge is 0.266 e. The first-order valence-electron chi connectivity index (χ1n) is 12.0. The van der Waals surface area contributed by atoms with Gasteiger partial charge in [0.15, 0.2) is 0 Å². The van der Waals surface area contributed by atoms with E-state index in [2.05, 4.69) is 21.2 Å². The zero-order chi connectivity index (χ0) is 28.5. The lowest BCUT2D eigenvalue weighted by molar-refractivity contribution is -0.112. The number of nitrogens with one attached hydrogen (secondary N) is 1. The molecule has 0 atom stereocenters. The van der Waals surface area contributed by atoms with Gasteiger partial charge in [-0.2, -0.15) is 5.26 Å². The molecule has 0 bridgehead atoms. The third kappa shape index (κ3) is 8.03. The maximum atomic E-state index is 12.9. The number of hydrogen-bond donors (Lipinski definition) is 1. The van der Waals surface area contributed by atoms with Crippen LogP contribution >= 0.6 is 39.1 Å². The van der Waals surface area contributed by atoms with Crippen LogP contribution in [0.4, 0.5) is 5.69 Å². The van der Waals surface area contributed by atoms with Crippen molar-refractivity contribution in [3.05, 3.63) is 122 Å². The second-order valence-electron chi connectivity index (χ2n) is 8.49. The highest BCUT2D eigenvalue weighted by molar-refractivity contribution is 9.10. The number of methoxy groups -OCH3 is 1. The maximum Gasteiger partial charge on any atom is 0.266 e. The molecule has 0 unspecified atom stereocenters. The predicted octanol–water partition coefficient (Wildman–Crippen LogP) is 8.47. The Hall–Kier alpha value is -3.96. The van der Waals surface area contributed by atoms with E-state index >= 15 is 0 Å². The molecule has 0 saturated heterocycles. The fourth-order valence-electron chi connectivity index (χ4n) is 3.56. The Morgan fingerprint density at radius 2 is 1.65 bits per heavy atom. The monoisotopic (exact) mass is 636 g/mol. The van der Waals surface area contributed by atoms with Gasteiger partial charge < -0.3 is 19.5 Å². The van der Waals surface area contributed by atoms with Crippen LogP contribution in [-0.2, 0) is 18.0 Å². The van der Waals surface area contributed by atoms with E-state index in [9.17, 15) is 10.1 Å². The molecule has 0 aliphatic carbocycles. The molecule has 6 nitrogen and oxygen atoms in total. The number of benzene rings is 4. The molecule has 0 aliphatic rings. The van der Waals surface area contributed by atoms with Crippen LogP contribution in [0, 0.1) is 11.3 Å². The van der Waals surface area contributed by atoms with E-state index in [1.54, 1.807) is 67.8 Å². The van der Waals surface area contributed by atoms with Crippen molar-refractivity contribution in [2.45, 2.75) is 13.2 Å². The summed E-state index contributed by atoms with van der Waals surface area (Å²) in [7, 11) is 1.56. The summed E-state index contributed by atoms with van der Waals surface area (Å²) in [4.78, 5) is 12.9. The Morgan fingerprint density at radius 3 is 2.33 bits per heavy atom. The summed E-state index contributed by atoms with van der Waals surface area (Å²) in [6.45, 7) is 0.561. The molecule has 4 aromatic rings. The molecule has 1 N–H and O–H groups in total. The summed E-state index contributed by atoms with van der Waals surface area (Å²) < 4.78 is 18.1. The number of carbonyl (C=O) groups is 1. The molecule has 0 fully saturated rings. The van der Waals surface area contributed by atoms with E-state index in [0.717, 1.165) is 15.6 Å². The van der Waals surface area contributed by atoms with E-state index in [1.165, 1.54) is 6.08 Å². The zero-order valence-electron chi connectivity index (χ0n) is 21.3. The molecule has 0 aliphatic heterocycles. The maximum absolute atomic E-state index is 12.9. The van der Waals surface area contributed by atoms with Crippen LogP contribution in [0.3, 0.4) is 0 Å². The minimum Gasteiger partial charge on any atom is -0.497 e. The van der Waals surface area contributed by atoms with Gasteiger partial charge in [0.25, 0.3) is 5.91 Å². The Morgan fingerprint density at radius 1 is 0.925 bits per heavy atom. The highest BCUT2D eigenvalue weighted by Crippen LogP contribution is 2.29. The number of rotatable bonds is 10. The molecule has 0 aromatic heterocycles. The van der Waals surface area contributed by atoms with Crippen molar-refractivity contribution in [1.82, 2.24) is 0 Å². The largest absolute Gasteiger partial charge is 0.497 e. The first-order valence-corrected chi connectivity index (χ1v) is 13.5. The highest BCUT2D eigenvalue weighted by atomic mass is 79.9. The fourth-order valence-corrected chi connectivity index (χ4v) is 4.29. The van der Waals surface area contributed by atoms with Crippen molar-refractivity contribution in [2.75, 3.05) is 12.4 Å². The number of hydrogen-bond acceptors (Lipinski definition) is 5. The molecule has 40 heavy (non-hydrogen) atoms. The second kappa shape index (κ2) is 13.9. The molecular weight excluding hydrogens is 615 g/mol. The first-order chi connectivity index (χ1) is 19.3. The molecule has 4 aromatic carbocycles. The minimum atomic E-state index is -0.557. The third-order valence-corrected chi connectivity index (χ3v) is 6.83. The third-order valence-electron chi connectivity index (χ3n) is 5.71.